The van der Waals surface area contributed by atoms with Crippen molar-refractivity contribution in [3.05, 3.63) is 65.5 Å². The smallest absolute Gasteiger partial charge is 0.238 e. The Balaban J connectivity index is 1.66. The van der Waals surface area contributed by atoms with E-state index in [-0.39, 0.29) is 24.3 Å². The van der Waals surface area contributed by atoms with Gasteiger partial charge in [0.25, 0.3) is 0 Å². The molecule has 1 amide bonds. The molecule has 1 unspecified atom stereocenters. The summed E-state index contributed by atoms with van der Waals surface area (Å²) >= 11 is 0. The van der Waals surface area contributed by atoms with Crippen LogP contribution in [0.5, 0.6) is 0 Å². The van der Waals surface area contributed by atoms with Crippen molar-refractivity contribution in [2.45, 2.75) is 18.9 Å². The van der Waals surface area contributed by atoms with Crippen LogP contribution in [-0.4, -0.2) is 23.9 Å². The SMILES string of the molecule is N#Cc1cccc(NC(=O)CN2CCCC2c2cccc(F)c2)c1. The van der Waals surface area contributed by atoms with E-state index >= 15 is 0 Å². The van der Waals surface area contributed by atoms with E-state index < -0.39 is 0 Å². The van der Waals surface area contributed by atoms with E-state index in [1.807, 2.05) is 6.07 Å². The van der Waals surface area contributed by atoms with Gasteiger partial charge < -0.3 is 5.32 Å². The number of benzene rings is 2. The van der Waals surface area contributed by atoms with Gasteiger partial charge in [0.1, 0.15) is 5.82 Å². The molecule has 0 aromatic heterocycles. The van der Waals surface area contributed by atoms with Crippen LogP contribution >= 0.6 is 0 Å². The van der Waals surface area contributed by atoms with Gasteiger partial charge in [0.15, 0.2) is 0 Å². The van der Waals surface area contributed by atoms with Gasteiger partial charge in [-0.3, -0.25) is 9.69 Å². The first-order valence-electron chi connectivity index (χ1n) is 7.95. The van der Waals surface area contributed by atoms with E-state index in [1.165, 1.54) is 12.1 Å². The van der Waals surface area contributed by atoms with Gasteiger partial charge >= 0.3 is 0 Å². The molecule has 3 rings (SSSR count). The highest BCUT2D eigenvalue weighted by atomic mass is 19.1. The zero-order valence-electron chi connectivity index (χ0n) is 13.2. The quantitative estimate of drug-likeness (QED) is 0.937. The van der Waals surface area contributed by atoms with Gasteiger partial charge in [-0.2, -0.15) is 5.26 Å². The standard InChI is InChI=1S/C19H18FN3O/c20-16-6-2-5-15(11-16)18-8-3-9-23(18)13-19(24)22-17-7-1-4-14(10-17)12-21/h1-2,4-7,10-11,18H,3,8-9,13H2,(H,22,24). The Labute approximate surface area is 140 Å². The number of carbonyl (C=O) groups excluding carboxylic acids is 1. The topological polar surface area (TPSA) is 56.1 Å². The number of anilines is 1. The highest BCUT2D eigenvalue weighted by molar-refractivity contribution is 5.92. The van der Waals surface area contributed by atoms with Crippen LogP contribution in [0.15, 0.2) is 48.5 Å². The van der Waals surface area contributed by atoms with Crippen molar-refractivity contribution in [2.24, 2.45) is 0 Å². The monoisotopic (exact) mass is 323 g/mol. The third-order valence-electron chi connectivity index (χ3n) is 4.22. The summed E-state index contributed by atoms with van der Waals surface area (Å²) in [5.41, 5.74) is 2.03. The Bertz CT molecular complexity index is 784. The van der Waals surface area contributed by atoms with Crippen LogP contribution in [0, 0.1) is 17.1 Å². The number of carbonyl (C=O) groups is 1. The van der Waals surface area contributed by atoms with Crippen molar-refractivity contribution in [1.29, 1.82) is 5.26 Å². The van der Waals surface area contributed by atoms with Gasteiger partial charge in [-0.25, -0.2) is 4.39 Å². The van der Waals surface area contributed by atoms with Crippen molar-refractivity contribution in [3.8, 4) is 6.07 Å². The molecule has 24 heavy (non-hydrogen) atoms. The summed E-state index contributed by atoms with van der Waals surface area (Å²) in [5, 5.41) is 11.7. The second kappa shape index (κ2) is 7.24. The molecule has 1 fully saturated rings. The minimum atomic E-state index is -0.253. The van der Waals surface area contributed by atoms with Crippen molar-refractivity contribution in [3.63, 3.8) is 0 Å². The molecule has 4 nitrogen and oxygen atoms in total. The molecule has 122 valence electrons. The first kappa shape index (κ1) is 16.2. The molecule has 1 N–H and O–H groups in total. The third kappa shape index (κ3) is 3.79. The summed E-state index contributed by atoms with van der Waals surface area (Å²) < 4.78 is 13.4. The maximum atomic E-state index is 13.4. The number of rotatable bonds is 4. The van der Waals surface area contributed by atoms with E-state index in [4.69, 9.17) is 5.26 Å². The molecule has 0 radical (unpaired) electrons. The number of hydrogen-bond donors (Lipinski definition) is 1. The van der Waals surface area contributed by atoms with Crippen molar-refractivity contribution in [1.82, 2.24) is 4.90 Å². The lowest BCUT2D eigenvalue weighted by molar-refractivity contribution is -0.117. The van der Waals surface area contributed by atoms with Crippen LogP contribution in [-0.2, 0) is 4.79 Å². The van der Waals surface area contributed by atoms with Gasteiger partial charge in [0, 0.05) is 11.7 Å². The fourth-order valence-electron chi connectivity index (χ4n) is 3.16. The molecule has 0 bridgehead atoms. The lowest BCUT2D eigenvalue weighted by Gasteiger charge is -2.24. The number of hydrogen-bond acceptors (Lipinski definition) is 3. The summed E-state index contributed by atoms with van der Waals surface area (Å²) in [4.78, 5) is 14.4. The molecule has 0 spiro atoms. The number of halogens is 1. The van der Waals surface area contributed by atoms with Gasteiger partial charge in [-0.1, -0.05) is 18.2 Å². The minimum Gasteiger partial charge on any atom is -0.325 e. The Hall–Kier alpha value is -2.71. The number of nitrogens with one attached hydrogen (secondary N) is 1. The van der Waals surface area contributed by atoms with Crippen LogP contribution in [0.3, 0.4) is 0 Å². The molecule has 1 aliphatic heterocycles. The summed E-state index contributed by atoms with van der Waals surface area (Å²) in [5.74, 6) is -0.384. The fraction of sp³-hybridized carbons (Fsp3) is 0.263. The predicted octanol–water partition coefficient (Wildman–Crippen LogP) is 3.47. The van der Waals surface area contributed by atoms with Crippen LogP contribution in [0.4, 0.5) is 10.1 Å². The maximum absolute atomic E-state index is 13.4. The Morgan fingerprint density at radius 2 is 2.12 bits per heavy atom. The van der Waals surface area contributed by atoms with Crippen LogP contribution in [0.2, 0.25) is 0 Å². The molecular formula is C19H18FN3O. The van der Waals surface area contributed by atoms with Gasteiger partial charge in [0.05, 0.1) is 18.2 Å². The van der Waals surface area contributed by atoms with E-state index in [0.29, 0.717) is 11.3 Å². The Morgan fingerprint density at radius 3 is 2.92 bits per heavy atom. The Morgan fingerprint density at radius 1 is 1.29 bits per heavy atom. The van der Waals surface area contributed by atoms with E-state index in [9.17, 15) is 9.18 Å². The average Bonchev–Trinajstić information content (AvgIpc) is 3.03. The second-order valence-corrected chi connectivity index (χ2v) is 5.92. The molecule has 1 atom stereocenters. The van der Waals surface area contributed by atoms with Gasteiger partial charge in [-0.05, 0) is 55.3 Å². The highest BCUT2D eigenvalue weighted by Crippen LogP contribution is 2.31. The maximum Gasteiger partial charge on any atom is 0.238 e. The fourth-order valence-corrected chi connectivity index (χ4v) is 3.16. The van der Waals surface area contributed by atoms with Gasteiger partial charge in [-0.15, -0.1) is 0 Å². The van der Waals surface area contributed by atoms with E-state index in [1.54, 1.807) is 30.3 Å². The molecule has 1 heterocycles. The second-order valence-electron chi connectivity index (χ2n) is 5.92. The molecule has 0 aliphatic carbocycles. The minimum absolute atomic E-state index is 0.0666. The molecule has 0 saturated carbocycles. The summed E-state index contributed by atoms with van der Waals surface area (Å²) in [6, 6.07) is 15.5. The summed E-state index contributed by atoms with van der Waals surface area (Å²) in [6.45, 7) is 1.06. The van der Waals surface area contributed by atoms with Crippen molar-refractivity contribution < 1.29 is 9.18 Å². The highest BCUT2D eigenvalue weighted by Gasteiger charge is 2.27. The molecule has 1 aliphatic rings. The molecular weight excluding hydrogens is 305 g/mol. The zero-order valence-corrected chi connectivity index (χ0v) is 13.2. The number of nitriles is 1. The molecule has 2 aromatic rings. The van der Waals surface area contributed by atoms with Crippen LogP contribution in [0.1, 0.15) is 30.0 Å². The van der Waals surface area contributed by atoms with Crippen LogP contribution < -0.4 is 5.32 Å². The molecule has 2 aromatic carbocycles. The number of likely N-dealkylation sites (tertiary alicyclic amines) is 1. The first-order valence-corrected chi connectivity index (χ1v) is 7.95. The lowest BCUT2D eigenvalue weighted by Crippen LogP contribution is -2.33. The lowest BCUT2D eigenvalue weighted by atomic mass is 10.0. The summed E-state index contributed by atoms with van der Waals surface area (Å²) in [7, 11) is 0. The largest absolute Gasteiger partial charge is 0.325 e. The third-order valence-corrected chi connectivity index (χ3v) is 4.22. The van der Waals surface area contributed by atoms with Gasteiger partial charge in [0.2, 0.25) is 5.91 Å². The molecule has 5 heteroatoms. The Kier molecular flexibility index (Phi) is 4.88. The zero-order chi connectivity index (χ0) is 16.9. The normalized spacial score (nSPS) is 17.4. The predicted molar refractivity (Wildman–Crippen MR) is 89.7 cm³/mol. The van der Waals surface area contributed by atoms with Crippen LogP contribution in [0.25, 0.3) is 0 Å². The number of amides is 1. The first-order chi connectivity index (χ1) is 11.7. The van der Waals surface area contributed by atoms with Crippen molar-refractivity contribution >= 4 is 11.6 Å². The van der Waals surface area contributed by atoms with E-state index in [2.05, 4.69) is 16.3 Å². The average molecular weight is 323 g/mol. The number of nitrogens with zero attached hydrogens (tertiary/aromatic N) is 2. The van der Waals surface area contributed by atoms with E-state index in [0.717, 1.165) is 24.9 Å². The van der Waals surface area contributed by atoms with Crippen molar-refractivity contribution in [2.75, 3.05) is 18.4 Å². The summed E-state index contributed by atoms with van der Waals surface area (Å²) in [6.07, 6.45) is 1.90. The molecule has 1 saturated heterocycles.